The zero-order chi connectivity index (χ0) is 18.7. The Morgan fingerprint density at radius 3 is 2.38 bits per heavy atom. The van der Waals surface area contributed by atoms with Gasteiger partial charge < -0.3 is 4.90 Å². The summed E-state index contributed by atoms with van der Waals surface area (Å²) in [6, 6.07) is 14.5. The monoisotopic (exact) mass is 351 g/mol. The molecule has 0 aromatic heterocycles. The van der Waals surface area contributed by atoms with E-state index in [2.05, 4.69) is 6.07 Å². The highest BCUT2D eigenvalue weighted by Crippen LogP contribution is 2.29. The van der Waals surface area contributed by atoms with Gasteiger partial charge in [-0.3, -0.25) is 15.2 Å². The van der Waals surface area contributed by atoms with Crippen LogP contribution in [0.25, 0.3) is 0 Å². The minimum atomic E-state index is -0.0931. The Morgan fingerprint density at radius 2 is 1.81 bits per heavy atom. The molecule has 6 heteroatoms. The van der Waals surface area contributed by atoms with Crippen LogP contribution in [-0.2, 0) is 0 Å². The third-order valence-electron chi connectivity index (χ3n) is 4.98. The first-order valence-electron chi connectivity index (χ1n) is 8.57. The number of aryl methyl sites for hydroxylation is 1. The van der Waals surface area contributed by atoms with Gasteiger partial charge >= 0.3 is 0 Å². The lowest BCUT2D eigenvalue weighted by Crippen LogP contribution is -2.38. The maximum absolute atomic E-state index is 12.8. The number of piperidine rings is 1. The summed E-state index contributed by atoms with van der Waals surface area (Å²) in [6.45, 7) is 3.13. The molecule has 0 saturated carbocycles. The fourth-order valence-corrected chi connectivity index (χ4v) is 3.38. The Bertz CT molecular complexity index is 832. The number of nitrogens with zero attached hydrogens (tertiary/aromatic N) is 3. The summed E-state index contributed by atoms with van der Waals surface area (Å²) >= 11 is 0. The van der Waals surface area contributed by atoms with E-state index in [1.165, 1.54) is 11.6 Å². The van der Waals surface area contributed by atoms with Gasteiger partial charge in [0.05, 0.1) is 17.3 Å². The van der Waals surface area contributed by atoms with Crippen molar-refractivity contribution in [2.45, 2.75) is 25.7 Å². The second kappa shape index (κ2) is 7.56. The molecule has 1 heterocycles. The van der Waals surface area contributed by atoms with E-state index in [4.69, 9.17) is 5.26 Å². The molecule has 2 N–H and O–H groups in total. The van der Waals surface area contributed by atoms with E-state index in [1.54, 1.807) is 12.1 Å². The molecule has 0 atom stereocenters. The van der Waals surface area contributed by atoms with Crippen LogP contribution in [0.1, 0.15) is 45.8 Å². The van der Waals surface area contributed by atoms with Gasteiger partial charge in [-0.2, -0.15) is 5.26 Å². The van der Waals surface area contributed by atoms with Crippen molar-refractivity contribution in [3.8, 4) is 6.07 Å². The quantitative estimate of drug-likeness (QED) is 0.827. The van der Waals surface area contributed by atoms with E-state index in [9.17, 15) is 15.2 Å². The Labute approximate surface area is 152 Å². The summed E-state index contributed by atoms with van der Waals surface area (Å²) in [5.41, 5.74) is 3.29. The summed E-state index contributed by atoms with van der Waals surface area (Å²) in [5.74, 6) is 0.286. The third-order valence-corrected chi connectivity index (χ3v) is 4.98. The van der Waals surface area contributed by atoms with Gasteiger partial charge in [0.2, 0.25) is 0 Å². The van der Waals surface area contributed by atoms with Crippen LogP contribution in [-0.4, -0.2) is 34.3 Å². The van der Waals surface area contributed by atoms with Crippen LogP contribution in [0, 0.1) is 18.3 Å². The van der Waals surface area contributed by atoms with E-state index in [0.717, 1.165) is 18.4 Å². The molecule has 0 unspecified atom stereocenters. The Hall–Kier alpha value is -2.88. The molecule has 1 aliphatic heterocycles. The van der Waals surface area contributed by atoms with E-state index < -0.39 is 0 Å². The van der Waals surface area contributed by atoms with Crippen LogP contribution in [0.15, 0.2) is 42.5 Å². The van der Waals surface area contributed by atoms with Crippen molar-refractivity contribution in [1.29, 1.82) is 5.26 Å². The molecular weight excluding hydrogens is 330 g/mol. The van der Waals surface area contributed by atoms with Crippen LogP contribution < -0.4 is 5.23 Å². The van der Waals surface area contributed by atoms with E-state index in [0.29, 0.717) is 30.1 Å². The predicted octanol–water partition coefficient (Wildman–Crippen LogP) is 3.47. The minimum Gasteiger partial charge on any atom is -0.339 e. The molecule has 1 aliphatic rings. The third kappa shape index (κ3) is 3.69. The lowest BCUT2D eigenvalue weighted by atomic mass is 9.88. The normalized spacial score (nSPS) is 14.8. The van der Waals surface area contributed by atoms with Crippen LogP contribution >= 0.6 is 0 Å². The lowest BCUT2D eigenvalue weighted by Gasteiger charge is -2.32. The van der Waals surface area contributed by atoms with Gasteiger partial charge in [0, 0.05) is 18.7 Å². The molecule has 1 amide bonds. The molecule has 0 aliphatic carbocycles. The van der Waals surface area contributed by atoms with Gasteiger partial charge in [-0.1, -0.05) is 18.2 Å². The largest absolute Gasteiger partial charge is 0.339 e. The highest BCUT2D eigenvalue weighted by Gasteiger charge is 2.25. The van der Waals surface area contributed by atoms with Crippen molar-refractivity contribution in [1.82, 2.24) is 4.90 Å². The minimum absolute atomic E-state index is 0.0212. The maximum atomic E-state index is 12.8. The number of hydrogen-bond acceptors (Lipinski definition) is 5. The molecular formula is C20H21N3O3. The maximum Gasteiger partial charge on any atom is 0.254 e. The number of carbonyl (C=O) groups excluding carboxylic acids is 1. The molecule has 6 nitrogen and oxygen atoms in total. The molecule has 0 radical (unpaired) electrons. The summed E-state index contributed by atoms with van der Waals surface area (Å²) in [6.07, 6.45) is 1.73. The van der Waals surface area contributed by atoms with E-state index in [-0.39, 0.29) is 16.8 Å². The number of benzene rings is 2. The van der Waals surface area contributed by atoms with Crippen LogP contribution in [0.5, 0.6) is 0 Å². The molecule has 134 valence electrons. The zero-order valence-electron chi connectivity index (χ0n) is 14.6. The molecule has 3 rings (SSSR count). The van der Waals surface area contributed by atoms with Gasteiger partial charge in [0.1, 0.15) is 0 Å². The first-order chi connectivity index (χ1) is 12.5. The molecule has 2 aromatic rings. The van der Waals surface area contributed by atoms with Crippen molar-refractivity contribution in [3.63, 3.8) is 0 Å². The molecule has 2 aromatic carbocycles. The Kier molecular flexibility index (Phi) is 5.21. The molecule has 26 heavy (non-hydrogen) atoms. The summed E-state index contributed by atoms with van der Waals surface area (Å²) in [7, 11) is 0. The first-order valence-corrected chi connectivity index (χ1v) is 8.57. The summed E-state index contributed by atoms with van der Waals surface area (Å²) in [5, 5.41) is 27.3. The summed E-state index contributed by atoms with van der Waals surface area (Å²) in [4.78, 5) is 14.6. The second-order valence-electron chi connectivity index (χ2n) is 6.59. The van der Waals surface area contributed by atoms with Gasteiger partial charge in [-0.25, -0.2) is 0 Å². The number of carbonyl (C=O) groups is 1. The Morgan fingerprint density at radius 1 is 1.15 bits per heavy atom. The summed E-state index contributed by atoms with van der Waals surface area (Å²) < 4.78 is 0. The smallest absolute Gasteiger partial charge is 0.254 e. The first kappa shape index (κ1) is 17.9. The van der Waals surface area contributed by atoms with Gasteiger partial charge in [0.15, 0.2) is 0 Å². The highest BCUT2D eigenvalue weighted by molar-refractivity contribution is 5.96. The fraction of sp³-hybridized carbons (Fsp3) is 0.300. The number of rotatable bonds is 3. The van der Waals surface area contributed by atoms with Crippen LogP contribution in [0.4, 0.5) is 5.69 Å². The predicted molar refractivity (Wildman–Crippen MR) is 96.3 cm³/mol. The van der Waals surface area contributed by atoms with Crippen LogP contribution in [0.2, 0.25) is 0 Å². The second-order valence-corrected chi connectivity index (χ2v) is 6.59. The highest BCUT2D eigenvalue weighted by atomic mass is 16.8. The number of likely N-dealkylation sites (tertiary alicyclic amines) is 1. The lowest BCUT2D eigenvalue weighted by molar-refractivity contribution is 0.0291. The zero-order valence-corrected chi connectivity index (χ0v) is 14.6. The number of nitriles is 1. The topological polar surface area (TPSA) is 87.8 Å². The molecule has 0 bridgehead atoms. The average molecular weight is 351 g/mol. The number of amides is 1. The van der Waals surface area contributed by atoms with Gasteiger partial charge in [-0.15, -0.1) is 5.23 Å². The van der Waals surface area contributed by atoms with Crippen LogP contribution in [0.3, 0.4) is 0 Å². The SMILES string of the molecule is Cc1ccc(N(O)O)cc1C(=O)N1CCC(c2ccc(C#N)cc2)CC1. The standard InChI is InChI=1S/C20H21N3O3/c1-14-2-7-18(23(25)26)12-19(14)20(24)22-10-8-17(9-11-22)16-5-3-15(13-21)4-6-16/h2-7,12,17,25-26H,8-11H2,1H3. The Balaban J connectivity index is 1.68. The molecule has 1 saturated heterocycles. The average Bonchev–Trinajstić information content (AvgIpc) is 2.68. The van der Waals surface area contributed by atoms with E-state index >= 15 is 0 Å². The van der Waals surface area contributed by atoms with E-state index in [1.807, 2.05) is 36.1 Å². The van der Waals surface area contributed by atoms with Gasteiger partial charge in [0.25, 0.3) is 5.91 Å². The van der Waals surface area contributed by atoms with Crippen molar-refractivity contribution in [2.24, 2.45) is 0 Å². The van der Waals surface area contributed by atoms with Crippen molar-refractivity contribution >= 4 is 11.6 Å². The van der Waals surface area contributed by atoms with Crippen molar-refractivity contribution in [3.05, 3.63) is 64.7 Å². The van der Waals surface area contributed by atoms with Crippen molar-refractivity contribution < 1.29 is 15.2 Å². The molecule has 1 fully saturated rings. The molecule has 0 spiro atoms. The fourth-order valence-electron chi connectivity index (χ4n) is 3.38. The number of hydrogen-bond donors (Lipinski definition) is 2. The number of anilines is 1. The van der Waals surface area contributed by atoms with Gasteiger partial charge in [-0.05, 0) is 61.1 Å². The van der Waals surface area contributed by atoms with Crippen molar-refractivity contribution in [2.75, 3.05) is 18.3 Å².